The number of hydrogen-bond donors (Lipinski definition) is 2. The van der Waals surface area contributed by atoms with Crippen LogP contribution in [0.15, 0.2) is 18.2 Å². The number of hydrogen-bond acceptors (Lipinski definition) is 4. The first-order valence-electron chi connectivity index (χ1n) is 5.90. The number of nitrogens with two attached hydrogens (primary N) is 1. The van der Waals surface area contributed by atoms with Crippen LogP contribution in [0.5, 0.6) is 5.75 Å². The van der Waals surface area contributed by atoms with E-state index in [0.717, 1.165) is 6.42 Å². The third kappa shape index (κ3) is 3.37. The molecule has 0 saturated heterocycles. The van der Waals surface area contributed by atoms with Gasteiger partial charge in [-0.05, 0) is 32.6 Å². The highest BCUT2D eigenvalue weighted by atomic mass is 16.5. The number of carbonyl (C=O) groups excluding carboxylic acids is 1. The van der Waals surface area contributed by atoms with E-state index in [-0.39, 0.29) is 12.1 Å². The standard InChI is InChI=1S/C13H21N3O2/c1-5-12(16(2)3)15-13(17)10-7-6-9(14)8-11(10)18-4/h6-8,12H,5,14H2,1-4H3,(H,15,17). The van der Waals surface area contributed by atoms with E-state index in [4.69, 9.17) is 10.5 Å². The summed E-state index contributed by atoms with van der Waals surface area (Å²) in [5.41, 5.74) is 6.72. The Morgan fingerprint density at radius 1 is 1.50 bits per heavy atom. The van der Waals surface area contributed by atoms with Gasteiger partial charge < -0.3 is 15.8 Å². The number of benzene rings is 1. The van der Waals surface area contributed by atoms with Crippen LogP contribution < -0.4 is 15.8 Å². The Hall–Kier alpha value is -1.75. The molecule has 0 aliphatic heterocycles. The predicted molar refractivity (Wildman–Crippen MR) is 72.6 cm³/mol. The molecule has 0 aromatic heterocycles. The van der Waals surface area contributed by atoms with Crippen molar-refractivity contribution in [3.63, 3.8) is 0 Å². The molecular formula is C13H21N3O2. The molecule has 5 nitrogen and oxygen atoms in total. The minimum absolute atomic E-state index is 0.000223. The summed E-state index contributed by atoms with van der Waals surface area (Å²) in [5.74, 6) is 0.327. The minimum Gasteiger partial charge on any atom is -0.496 e. The van der Waals surface area contributed by atoms with Gasteiger partial charge in [0.2, 0.25) is 0 Å². The van der Waals surface area contributed by atoms with Crippen molar-refractivity contribution in [2.75, 3.05) is 26.9 Å². The van der Waals surface area contributed by atoms with Crippen LogP contribution in [-0.2, 0) is 0 Å². The highest BCUT2D eigenvalue weighted by molar-refractivity contribution is 5.97. The first kappa shape index (κ1) is 14.3. The molecule has 0 radical (unpaired) electrons. The highest BCUT2D eigenvalue weighted by Gasteiger charge is 2.17. The van der Waals surface area contributed by atoms with Crippen molar-refractivity contribution in [2.45, 2.75) is 19.5 Å². The van der Waals surface area contributed by atoms with Gasteiger partial charge in [0.15, 0.2) is 0 Å². The zero-order valence-corrected chi connectivity index (χ0v) is 11.4. The lowest BCUT2D eigenvalue weighted by molar-refractivity contribution is 0.0884. The summed E-state index contributed by atoms with van der Waals surface area (Å²) in [6.07, 6.45) is 0.829. The molecule has 0 spiro atoms. The summed E-state index contributed by atoms with van der Waals surface area (Å²) in [6, 6.07) is 5.01. The van der Waals surface area contributed by atoms with Crippen molar-refractivity contribution in [3.8, 4) is 5.75 Å². The van der Waals surface area contributed by atoms with Crippen molar-refractivity contribution >= 4 is 11.6 Å². The normalized spacial score (nSPS) is 12.3. The molecule has 1 unspecified atom stereocenters. The third-order valence-corrected chi connectivity index (χ3v) is 2.78. The fourth-order valence-corrected chi connectivity index (χ4v) is 1.72. The molecule has 1 aromatic rings. The molecule has 1 atom stereocenters. The number of nitrogens with one attached hydrogen (secondary N) is 1. The van der Waals surface area contributed by atoms with E-state index in [9.17, 15) is 4.79 Å². The topological polar surface area (TPSA) is 67.6 Å². The summed E-state index contributed by atoms with van der Waals surface area (Å²) < 4.78 is 5.17. The van der Waals surface area contributed by atoms with Gasteiger partial charge in [-0.15, -0.1) is 0 Å². The van der Waals surface area contributed by atoms with E-state index in [2.05, 4.69) is 5.32 Å². The van der Waals surface area contributed by atoms with Gasteiger partial charge in [-0.1, -0.05) is 6.92 Å². The summed E-state index contributed by atoms with van der Waals surface area (Å²) >= 11 is 0. The number of ether oxygens (including phenoxy) is 1. The Morgan fingerprint density at radius 3 is 2.67 bits per heavy atom. The van der Waals surface area contributed by atoms with Gasteiger partial charge in [0, 0.05) is 11.8 Å². The van der Waals surface area contributed by atoms with E-state index in [1.165, 1.54) is 7.11 Å². The fraction of sp³-hybridized carbons (Fsp3) is 0.462. The average Bonchev–Trinajstić information content (AvgIpc) is 2.34. The van der Waals surface area contributed by atoms with E-state index in [1.807, 2.05) is 25.9 Å². The van der Waals surface area contributed by atoms with Crippen LogP contribution >= 0.6 is 0 Å². The van der Waals surface area contributed by atoms with Gasteiger partial charge in [-0.3, -0.25) is 9.69 Å². The fourth-order valence-electron chi connectivity index (χ4n) is 1.72. The molecule has 0 saturated carbocycles. The van der Waals surface area contributed by atoms with Crippen LogP contribution in [-0.4, -0.2) is 38.2 Å². The van der Waals surface area contributed by atoms with Gasteiger partial charge >= 0.3 is 0 Å². The Balaban J connectivity index is 2.90. The van der Waals surface area contributed by atoms with Crippen LogP contribution in [0.1, 0.15) is 23.7 Å². The van der Waals surface area contributed by atoms with Gasteiger partial charge in [-0.25, -0.2) is 0 Å². The molecule has 1 amide bonds. The number of carbonyl (C=O) groups is 1. The number of nitrogens with zero attached hydrogens (tertiary/aromatic N) is 1. The lowest BCUT2D eigenvalue weighted by Gasteiger charge is -2.24. The monoisotopic (exact) mass is 251 g/mol. The molecule has 1 rings (SSSR count). The zero-order chi connectivity index (χ0) is 13.7. The van der Waals surface area contributed by atoms with Crippen LogP contribution in [0, 0.1) is 0 Å². The molecule has 0 bridgehead atoms. The lowest BCUT2D eigenvalue weighted by Crippen LogP contribution is -2.44. The van der Waals surface area contributed by atoms with Crippen LogP contribution in [0.4, 0.5) is 5.69 Å². The number of nitrogen functional groups attached to an aromatic ring is 1. The average molecular weight is 251 g/mol. The summed E-state index contributed by atoms with van der Waals surface area (Å²) in [6.45, 7) is 2.02. The Kier molecular flexibility index (Phi) is 4.97. The Morgan fingerprint density at radius 2 is 2.17 bits per heavy atom. The third-order valence-electron chi connectivity index (χ3n) is 2.78. The maximum Gasteiger partial charge on any atom is 0.256 e. The molecule has 3 N–H and O–H groups in total. The zero-order valence-electron chi connectivity index (χ0n) is 11.4. The van der Waals surface area contributed by atoms with Gasteiger partial charge in [0.1, 0.15) is 5.75 Å². The van der Waals surface area contributed by atoms with Gasteiger partial charge in [0.05, 0.1) is 18.8 Å². The molecule has 0 heterocycles. The van der Waals surface area contributed by atoms with Crippen molar-refractivity contribution in [1.82, 2.24) is 10.2 Å². The first-order valence-corrected chi connectivity index (χ1v) is 5.90. The number of anilines is 1. The van der Waals surface area contributed by atoms with Crippen molar-refractivity contribution in [3.05, 3.63) is 23.8 Å². The molecule has 0 aliphatic carbocycles. The van der Waals surface area contributed by atoms with E-state index >= 15 is 0 Å². The maximum atomic E-state index is 12.2. The quantitative estimate of drug-likeness (QED) is 0.611. The second-order valence-corrected chi connectivity index (χ2v) is 4.32. The largest absolute Gasteiger partial charge is 0.496 e. The van der Waals surface area contributed by atoms with Gasteiger partial charge in [0.25, 0.3) is 5.91 Å². The van der Waals surface area contributed by atoms with E-state index in [1.54, 1.807) is 18.2 Å². The summed E-state index contributed by atoms with van der Waals surface area (Å²) in [5, 5.41) is 2.94. The highest BCUT2D eigenvalue weighted by Crippen LogP contribution is 2.21. The number of rotatable bonds is 5. The Bertz CT molecular complexity index is 419. The summed E-state index contributed by atoms with van der Waals surface area (Å²) in [7, 11) is 5.37. The summed E-state index contributed by atoms with van der Waals surface area (Å²) in [4.78, 5) is 14.1. The van der Waals surface area contributed by atoms with Crippen molar-refractivity contribution < 1.29 is 9.53 Å². The number of methoxy groups -OCH3 is 1. The molecule has 0 aliphatic rings. The minimum atomic E-state index is -0.160. The smallest absolute Gasteiger partial charge is 0.256 e. The van der Waals surface area contributed by atoms with Crippen LogP contribution in [0.25, 0.3) is 0 Å². The van der Waals surface area contributed by atoms with E-state index in [0.29, 0.717) is 17.0 Å². The van der Waals surface area contributed by atoms with Crippen LogP contribution in [0.2, 0.25) is 0 Å². The molecule has 1 aromatic carbocycles. The SMILES string of the molecule is CCC(NC(=O)c1ccc(N)cc1OC)N(C)C. The molecular weight excluding hydrogens is 230 g/mol. The number of amides is 1. The first-order chi connectivity index (χ1) is 8.49. The van der Waals surface area contributed by atoms with Crippen LogP contribution in [0.3, 0.4) is 0 Å². The second-order valence-electron chi connectivity index (χ2n) is 4.32. The van der Waals surface area contributed by atoms with Crippen molar-refractivity contribution in [1.29, 1.82) is 0 Å². The Labute approximate surface area is 108 Å². The molecule has 100 valence electrons. The van der Waals surface area contributed by atoms with E-state index < -0.39 is 0 Å². The second kappa shape index (κ2) is 6.26. The van der Waals surface area contributed by atoms with Gasteiger partial charge in [-0.2, -0.15) is 0 Å². The maximum absolute atomic E-state index is 12.2. The molecule has 0 fully saturated rings. The lowest BCUT2D eigenvalue weighted by atomic mass is 10.1. The predicted octanol–water partition coefficient (Wildman–Crippen LogP) is 1.30. The van der Waals surface area contributed by atoms with Crippen molar-refractivity contribution in [2.24, 2.45) is 0 Å². The molecule has 18 heavy (non-hydrogen) atoms. The molecule has 5 heteroatoms.